The zero-order valence-corrected chi connectivity index (χ0v) is 16.7. The number of carbonyl (C=O) groups is 1. The van der Waals surface area contributed by atoms with Crippen LogP contribution in [0, 0.1) is 0 Å². The Morgan fingerprint density at radius 3 is 2.50 bits per heavy atom. The van der Waals surface area contributed by atoms with Crippen molar-refractivity contribution in [2.75, 3.05) is 0 Å². The van der Waals surface area contributed by atoms with Gasteiger partial charge in [-0.2, -0.15) is 5.10 Å². The summed E-state index contributed by atoms with van der Waals surface area (Å²) in [5.41, 5.74) is 2.65. The first-order chi connectivity index (χ1) is 14.8. The van der Waals surface area contributed by atoms with Crippen LogP contribution in [0.25, 0.3) is 16.9 Å². The molecule has 0 saturated carbocycles. The maximum absolute atomic E-state index is 13.0. The molecule has 152 valence electrons. The molecule has 0 unspecified atom stereocenters. The van der Waals surface area contributed by atoms with Crippen LogP contribution >= 0.6 is 0 Å². The standard InChI is InChI=1S/C22H22N6O2/c1-2-3-14-27-20(23-25-26-27)16-30-22(29)19-15-28(18-12-8-5-9-13-18)24-21(19)17-10-6-4-7-11-17/h4-13,15H,2-3,14,16H2,1H3. The molecule has 0 aliphatic carbocycles. The fraction of sp³-hybridized carbons (Fsp3) is 0.227. The van der Waals surface area contributed by atoms with Crippen LogP contribution in [0.1, 0.15) is 35.9 Å². The fourth-order valence-electron chi connectivity index (χ4n) is 3.06. The summed E-state index contributed by atoms with van der Waals surface area (Å²) in [4.78, 5) is 13.0. The van der Waals surface area contributed by atoms with Gasteiger partial charge < -0.3 is 4.74 Å². The molecule has 30 heavy (non-hydrogen) atoms. The van der Waals surface area contributed by atoms with Crippen molar-refractivity contribution in [2.45, 2.75) is 32.9 Å². The Kier molecular flexibility index (Phi) is 5.93. The Bertz CT molecular complexity index is 1110. The van der Waals surface area contributed by atoms with Gasteiger partial charge in [-0.05, 0) is 29.0 Å². The van der Waals surface area contributed by atoms with Gasteiger partial charge in [-0.25, -0.2) is 14.2 Å². The van der Waals surface area contributed by atoms with Gasteiger partial charge in [0.1, 0.15) is 11.3 Å². The molecule has 2 aromatic heterocycles. The van der Waals surface area contributed by atoms with E-state index >= 15 is 0 Å². The second-order valence-electron chi connectivity index (χ2n) is 6.79. The van der Waals surface area contributed by atoms with Crippen molar-refractivity contribution in [1.82, 2.24) is 30.0 Å². The van der Waals surface area contributed by atoms with E-state index < -0.39 is 5.97 Å². The van der Waals surface area contributed by atoms with E-state index in [2.05, 4.69) is 27.5 Å². The van der Waals surface area contributed by atoms with Crippen LogP contribution in [-0.2, 0) is 17.9 Å². The lowest BCUT2D eigenvalue weighted by Crippen LogP contribution is -2.11. The largest absolute Gasteiger partial charge is 0.454 e. The second-order valence-corrected chi connectivity index (χ2v) is 6.79. The minimum absolute atomic E-state index is 0.000292. The van der Waals surface area contributed by atoms with Crippen molar-refractivity contribution in [3.63, 3.8) is 0 Å². The minimum atomic E-state index is -0.471. The Morgan fingerprint density at radius 2 is 1.77 bits per heavy atom. The number of hydrogen-bond acceptors (Lipinski definition) is 6. The molecule has 8 heteroatoms. The SMILES string of the molecule is CCCCn1nnnc1COC(=O)c1cn(-c2ccccc2)nc1-c1ccccc1. The third-order valence-electron chi connectivity index (χ3n) is 4.66. The highest BCUT2D eigenvalue weighted by Gasteiger charge is 2.21. The molecule has 8 nitrogen and oxygen atoms in total. The maximum atomic E-state index is 13.0. The monoisotopic (exact) mass is 402 g/mol. The van der Waals surface area contributed by atoms with E-state index in [-0.39, 0.29) is 6.61 Å². The molecule has 0 aliphatic rings. The summed E-state index contributed by atoms with van der Waals surface area (Å²) in [5.74, 6) is 0.0505. The van der Waals surface area contributed by atoms with Crippen LogP contribution in [0.2, 0.25) is 0 Å². The predicted molar refractivity (Wildman–Crippen MR) is 111 cm³/mol. The van der Waals surface area contributed by atoms with Gasteiger partial charge in [0.05, 0.1) is 5.69 Å². The first-order valence-electron chi connectivity index (χ1n) is 9.89. The molecule has 2 aromatic carbocycles. The minimum Gasteiger partial charge on any atom is -0.454 e. The smallest absolute Gasteiger partial charge is 0.342 e. The second kappa shape index (κ2) is 9.13. The summed E-state index contributed by atoms with van der Waals surface area (Å²) < 4.78 is 8.90. The van der Waals surface area contributed by atoms with Crippen molar-refractivity contribution in [3.8, 4) is 16.9 Å². The lowest BCUT2D eigenvalue weighted by molar-refractivity contribution is 0.0457. The van der Waals surface area contributed by atoms with Crippen molar-refractivity contribution >= 4 is 5.97 Å². The molecule has 0 spiro atoms. The zero-order valence-electron chi connectivity index (χ0n) is 16.7. The van der Waals surface area contributed by atoms with Gasteiger partial charge in [-0.15, -0.1) is 5.10 Å². The first-order valence-corrected chi connectivity index (χ1v) is 9.89. The van der Waals surface area contributed by atoms with Gasteiger partial charge in [0.25, 0.3) is 0 Å². The number of aryl methyl sites for hydroxylation is 1. The third-order valence-corrected chi connectivity index (χ3v) is 4.66. The summed E-state index contributed by atoms with van der Waals surface area (Å²) in [5, 5.41) is 16.3. The van der Waals surface area contributed by atoms with Gasteiger partial charge in [0.2, 0.25) is 0 Å². The summed E-state index contributed by atoms with van der Waals surface area (Å²) in [7, 11) is 0. The molecular formula is C22H22N6O2. The van der Waals surface area contributed by atoms with Gasteiger partial charge in [0, 0.05) is 18.3 Å². The summed E-state index contributed by atoms with van der Waals surface area (Å²) in [6.45, 7) is 2.79. The normalized spacial score (nSPS) is 10.8. The van der Waals surface area contributed by atoms with E-state index in [1.54, 1.807) is 15.6 Å². The molecule has 4 rings (SSSR count). The van der Waals surface area contributed by atoms with E-state index in [0.29, 0.717) is 23.6 Å². The first kappa shape index (κ1) is 19.5. The van der Waals surface area contributed by atoms with Crippen molar-refractivity contribution in [1.29, 1.82) is 0 Å². The number of esters is 1. The molecule has 2 heterocycles. The quantitative estimate of drug-likeness (QED) is 0.418. The van der Waals surface area contributed by atoms with Crippen LogP contribution in [0.15, 0.2) is 66.9 Å². The molecule has 0 saturated heterocycles. The van der Waals surface area contributed by atoms with Gasteiger partial charge in [-0.1, -0.05) is 61.9 Å². The van der Waals surface area contributed by atoms with Gasteiger partial charge in [0.15, 0.2) is 12.4 Å². The summed E-state index contributed by atoms with van der Waals surface area (Å²) >= 11 is 0. The molecule has 4 aromatic rings. The summed E-state index contributed by atoms with van der Waals surface area (Å²) in [6.07, 6.45) is 3.67. The molecule has 0 radical (unpaired) electrons. The Hall–Kier alpha value is -3.81. The van der Waals surface area contributed by atoms with E-state index in [1.165, 1.54) is 0 Å². The van der Waals surface area contributed by atoms with E-state index in [9.17, 15) is 4.79 Å². The van der Waals surface area contributed by atoms with Crippen LogP contribution < -0.4 is 0 Å². The van der Waals surface area contributed by atoms with Crippen LogP contribution in [0.3, 0.4) is 0 Å². The lowest BCUT2D eigenvalue weighted by Gasteiger charge is -2.06. The molecular weight excluding hydrogens is 380 g/mol. The average Bonchev–Trinajstić information content (AvgIpc) is 3.44. The average molecular weight is 402 g/mol. The molecule has 0 amide bonds. The Balaban J connectivity index is 1.60. The van der Waals surface area contributed by atoms with Crippen molar-refractivity contribution in [2.24, 2.45) is 0 Å². The molecule has 0 aliphatic heterocycles. The number of unbranched alkanes of at least 4 members (excludes halogenated alkanes) is 1. The van der Waals surface area contributed by atoms with Gasteiger partial charge >= 0.3 is 5.97 Å². The van der Waals surface area contributed by atoms with Crippen LogP contribution in [0.4, 0.5) is 0 Å². The molecule has 0 bridgehead atoms. The topological polar surface area (TPSA) is 87.7 Å². The van der Waals surface area contributed by atoms with E-state index in [1.807, 2.05) is 60.7 Å². The van der Waals surface area contributed by atoms with Crippen LogP contribution in [-0.4, -0.2) is 36.0 Å². The number of rotatable bonds is 8. The van der Waals surface area contributed by atoms with Gasteiger partial charge in [-0.3, -0.25) is 0 Å². The van der Waals surface area contributed by atoms with Crippen LogP contribution in [0.5, 0.6) is 0 Å². The van der Waals surface area contributed by atoms with E-state index in [4.69, 9.17) is 4.74 Å². The van der Waals surface area contributed by atoms with Crippen molar-refractivity contribution in [3.05, 3.63) is 78.2 Å². The highest BCUT2D eigenvalue weighted by molar-refractivity contribution is 5.96. The highest BCUT2D eigenvalue weighted by atomic mass is 16.5. The lowest BCUT2D eigenvalue weighted by atomic mass is 10.1. The number of ether oxygens (including phenoxy) is 1. The van der Waals surface area contributed by atoms with Crippen molar-refractivity contribution < 1.29 is 9.53 Å². The van der Waals surface area contributed by atoms with E-state index in [0.717, 1.165) is 24.1 Å². The molecule has 0 atom stereocenters. The number of aromatic nitrogens is 6. The third kappa shape index (κ3) is 4.27. The Labute approximate surface area is 174 Å². The number of benzene rings is 2. The number of para-hydroxylation sites is 1. The number of tetrazole rings is 1. The number of carbonyl (C=O) groups excluding carboxylic acids is 1. The Morgan fingerprint density at radius 1 is 1.03 bits per heavy atom. The highest BCUT2D eigenvalue weighted by Crippen LogP contribution is 2.24. The number of hydrogen-bond donors (Lipinski definition) is 0. The summed E-state index contributed by atoms with van der Waals surface area (Å²) in [6, 6.07) is 19.2. The number of nitrogens with zero attached hydrogens (tertiary/aromatic N) is 6. The maximum Gasteiger partial charge on any atom is 0.342 e. The zero-order chi connectivity index (χ0) is 20.8. The molecule has 0 fully saturated rings. The predicted octanol–water partition coefficient (Wildman–Crippen LogP) is 3.68. The fourth-order valence-corrected chi connectivity index (χ4v) is 3.06. The molecule has 0 N–H and O–H groups in total.